The highest BCUT2D eigenvalue weighted by molar-refractivity contribution is 5.92. The van der Waals surface area contributed by atoms with Crippen LogP contribution in [0, 0.1) is 6.92 Å². The maximum Gasteiger partial charge on any atom is 0.281 e. The van der Waals surface area contributed by atoms with Gasteiger partial charge in [0.05, 0.1) is 23.5 Å². The lowest BCUT2D eigenvalue weighted by atomic mass is 10.1. The molecule has 0 saturated heterocycles. The van der Waals surface area contributed by atoms with Crippen LogP contribution in [0.1, 0.15) is 23.6 Å². The molecule has 7 heteroatoms. The van der Waals surface area contributed by atoms with E-state index in [9.17, 15) is 4.79 Å². The van der Waals surface area contributed by atoms with E-state index >= 15 is 0 Å². The van der Waals surface area contributed by atoms with Crippen molar-refractivity contribution in [3.8, 4) is 22.8 Å². The monoisotopic (exact) mass is 452 g/mol. The maximum atomic E-state index is 13.4. The van der Waals surface area contributed by atoms with E-state index in [0.717, 1.165) is 28.1 Å². The summed E-state index contributed by atoms with van der Waals surface area (Å²) in [6.07, 6.45) is 1.63. The van der Waals surface area contributed by atoms with E-state index in [1.807, 2.05) is 86.6 Å². The predicted molar refractivity (Wildman–Crippen MR) is 134 cm³/mol. The van der Waals surface area contributed by atoms with Crippen LogP contribution in [0.4, 0.5) is 5.69 Å². The fourth-order valence-electron chi connectivity index (χ4n) is 3.82. The number of aryl methyl sites for hydroxylation is 1. The van der Waals surface area contributed by atoms with E-state index in [0.29, 0.717) is 29.4 Å². The Hall–Kier alpha value is -4.39. The molecule has 5 rings (SSSR count). The zero-order valence-corrected chi connectivity index (χ0v) is 19.0. The van der Waals surface area contributed by atoms with E-state index in [1.54, 1.807) is 6.21 Å². The van der Waals surface area contributed by atoms with Gasteiger partial charge in [-0.25, -0.2) is 9.67 Å². The molecule has 1 aliphatic heterocycles. The number of aliphatic imine (C=N–C) groups is 2. The van der Waals surface area contributed by atoms with Crippen LogP contribution >= 0.6 is 0 Å². The quantitative estimate of drug-likeness (QED) is 0.338. The molecule has 0 fully saturated rings. The van der Waals surface area contributed by atoms with Crippen LogP contribution in [0.5, 0.6) is 11.5 Å². The Labute approximate surface area is 197 Å². The van der Waals surface area contributed by atoms with Gasteiger partial charge in [-0.05, 0) is 43.2 Å². The van der Waals surface area contributed by atoms with Gasteiger partial charge in [-0.15, -0.1) is 0 Å². The number of ether oxygens (including phenoxy) is 2. The second-order valence-electron chi connectivity index (χ2n) is 8.01. The van der Waals surface area contributed by atoms with E-state index < -0.39 is 0 Å². The average Bonchev–Trinajstić information content (AvgIpc) is 3.45. The Bertz CT molecular complexity index is 1450. The summed E-state index contributed by atoms with van der Waals surface area (Å²) in [5, 5.41) is 3.23. The van der Waals surface area contributed by atoms with E-state index in [4.69, 9.17) is 9.47 Å². The molecule has 0 saturated carbocycles. The molecule has 170 valence electrons. The molecule has 1 aliphatic rings. The van der Waals surface area contributed by atoms with Crippen LogP contribution in [0.25, 0.3) is 11.3 Å². The van der Waals surface area contributed by atoms with Gasteiger partial charge in [-0.3, -0.25) is 14.9 Å². The molecule has 2 heterocycles. The summed E-state index contributed by atoms with van der Waals surface area (Å²) in [5.74, 6) is 1.99. The third kappa shape index (κ3) is 4.28. The second-order valence-corrected chi connectivity index (χ2v) is 8.01. The summed E-state index contributed by atoms with van der Waals surface area (Å²) < 4.78 is 12.3. The Kier molecular flexibility index (Phi) is 5.82. The van der Waals surface area contributed by atoms with Gasteiger partial charge in [0.25, 0.3) is 5.56 Å². The molecular formula is C27H24N4O3. The van der Waals surface area contributed by atoms with Crippen LogP contribution < -0.4 is 15.0 Å². The Morgan fingerprint density at radius 2 is 1.79 bits per heavy atom. The number of rotatable bonds is 5. The van der Waals surface area contributed by atoms with Crippen molar-refractivity contribution >= 4 is 17.7 Å². The summed E-state index contributed by atoms with van der Waals surface area (Å²) in [4.78, 5) is 22.6. The fraction of sp³-hybridized carbons (Fsp3) is 0.148. The lowest BCUT2D eigenvalue weighted by Crippen LogP contribution is -2.24. The summed E-state index contributed by atoms with van der Waals surface area (Å²) >= 11 is 0. The predicted octanol–water partition coefficient (Wildman–Crippen LogP) is 5.10. The van der Waals surface area contributed by atoms with Crippen molar-refractivity contribution in [2.24, 2.45) is 9.98 Å². The highest BCUT2D eigenvalue weighted by Gasteiger charge is 2.16. The number of fused-ring (bicyclic) bond motifs is 1. The van der Waals surface area contributed by atoms with E-state index in [2.05, 4.69) is 15.1 Å². The number of hydrogen-bond acceptors (Lipinski definition) is 5. The number of para-hydroxylation sites is 1. The Morgan fingerprint density at radius 1 is 1.03 bits per heavy atom. The average molecular weight is 453 g/mol. The van der Waals surface area contributed by atoms with Crippen LogP contribution in [0.2, 0.25) is 0 Å². The molecule has 0 amide bonds. The molecule has 1 N–H and O–H groups in total. The van der Waals surface area contributed by atoms with Crippen molar-refractivity contribution < 1.29 is 9.47 Å². The molecular weight excluding hydrogens is 428 g/mol. The summed E-state index contributed by atoms with van der Waals surface area (Å²) in [6, 6.07) is 23.3. The molecule has 3 aromatic carbocycles. The number of hydrogen-bond donors (Lipinski definition) is 1. The van der Waals surface area contributed by atoms with Crippen molar-refractivity contribution in [1.29, 1.82) is 0 Å². The third-order valence-electron chi connectivity index (χ3n) is 5.64. The first-order valence-corrected chi connectivity index (χ1v) is 11.0. The minimum atomic E-state index is -0.205. The van der Waals surface area contributed by atoms with Crippen LogP contribution in [-0.4, -0.2) is 28.6 Å². The number of nitrogens with zero attached hydrogens (tertiary/aromatic N) is 3. The van der Waals surface area contributed by atoms with Gasteiger partial charge >= 0.3 is 0 Å². The minimum absolute atomic E-state index is 0.205. The topological polar surface area (TPSA) is 81.0 Å². The van der Waals surface area contributed by atoms with Gasteiger partial charge in [0.15, 0.2) is 11.5 Å². The first kappa shape index (κ1) is 21.5. The number of H-pyrrole nitrogens is 1. The molecule has 1 aromatic heterocycles. The zero-order valence-electron chi connectivity index (χ0n) is 19.0. The van der Waals surface area contributed by atoms with Gasteiger partial charge in [0, 0.05) is 11.8 Å². The van der Waals surface area contributed by atoms with Crippen LogP contribution in [0.15, 0.2) is 87.6 Å². The highest BCUT2D eigenvalue weighted by atomic mass is 16.7. The van der Waals surface area contributed by atoms with E-state index in [1.165, 1.54) is 4.68 Å². The molecule has 0 aliphatic carbocycles. The normalized spacial score (nSPS) is 13.1. The smallest absolute Gasteiger partial charge is 0.281 e. The number of benzene rings is 3. The van der Waals surface area contributed by atoms with Gasteiger partial charge in [0.2, 0.25) is 6.79 Å². The van der Waals surface area contributed by atoms with Crippen molar-refractivity contribution in [2.75, 3.05) is 6.79 Å². The Balaban J connectivity index is 1.50. The zero-order chi connectivity index (χ0) is 23.5. The molecule has 0 atom stereocenters. The fourth-order valence-corrected chi connectivity index (χ4v) is 3.82. The molecule has 34 heavy (non-hydrogen) atoms. The second kappa shape index (κ2) is 9.23. The lowest BCUT2D eigenvalue weighted by molar-refractivity contribution is 0.174. The van der Waals surface area contributed by atoms with Gasteiger partial charge < -0.3 is 9.47 Å². The van der Waals surface area contributed by atoms with Crippen molar-refractivity contribution in [2.45, 2.75) is 20.4 Å². The summed E-state index contributed by atoms with van der Waals surface area (Å²) in [5.41, 5.74) is 4.69. The lowest BCUT2D eigenvalue weighted by Gasteiger charge is -2.04. The van der Waals surface area contributed by atoms with E-state index in [-0.39, 0.29) is 12.4 Å². The highest BCUT2D eigenvalue weighted by Crippen LogP contribution is 2.32. The van der Waals surface area contributed by atoms with Gasteiger partial charge in [-0.2, -0.15) is 0 Å². The molecule has 7 nitrogen and oxygen atoms in total. The van der Waals surface area contributed by atoms with Crippen molar-refractivity contribution in [3.63, 3.8) is 0 Å². The summed E-state index contributed by atoms with van der Waals surface area (Å²) in [6.45, 7) is 4.44. The first-order valence-electron chi connectivity index (χ1n) is 11.0. The minimum Gasteiger partial charge on any atom is -0.454 e. The molecule has 0 bridgehead atoms. The molecule has 4 aromatic rings. The van der Waals surface area contributed by atoms with Crippen molar-refractivity contribution in [3.05, 3.63) is 99.8 Å². The summed E-state index contributed by atoms with van der Waals surface area (Å²) in [7, 11) is 0. The SMILES string of the molecule is CC(=Nc1ccccc1C)n1[nH]c(-c2ccccc2)c(C=NCc2ccc3c(c2)OCO3)c1=O. The maximum absolute atomic E-state index is 13.4. The number of nitrogens with one attached hydrogen (secondary N) is 1. The van der Waals surface area contributed by atoms with Gasteiger partial charge in [0.1, 0.15) is 5.84 Å². The largest absolute Gasteiger partial charge is 0.454 e. The third-order valence-corrected chi connectivity index (χ3v) is 5.64. The molecule has 0 spiro atoms. The molecule has 0 radical (unpaired) electrons. The Morgan fingerprint density at radius 3 is 2.62 bits per heavy atom. The number of aromatic nitrogens is 2. The van der Waals surface area contributed by atoms with Gasteiger partial charge in [-0.1, -0.05) is 54.6 Å². The number of aromatic amines is 1. The first-order chi connectivity index (χ1) is 16.6. The van der Waals surface area contributed by atoms with Crippen LogP contribution in [0.3, 0.4) is 0 Å². The van der Waals surface area contributed by atoms with Crippen molar-refractivity contribution in [1.82, 2.24) is 9.78 Å². The van der Waals surface area contributed by atoms with Crippen LogP contribution in [-0.2, 0) is 6.54 Å². The molecule has 0 unspecified atom stereocenters. The standard InChI is InChI=1S/C27H24N4O3/c1-18-8-6-7-11-23(18)29-19(2)31-27(32)22(26(30-31)21-9-4-3-5-10-21)16-28-15-20-12-13-24-25(14-20)34-17-33-24/h3-14,16,30H,15,17H2,1-2H3.